The van der Waals surface area contributed by atoms with E-state index in [1.807, 2.05) is 0 Å². The van der Waals surface area contributed by atoms with E-state index < -0.39 is 23.6 Å². The number of aromatic nitrogens is 2. The van der Waals surface area contributed by atoms with Crippen molar-refractivity contribution in [3.05, 3.63) is 47.8 Å². The number of hydrogen-bond acceptors (Lipinski definition) is 3. The van der Waals surface area contributed by atoms with Gasteiger partial charge in [-0.25, -0.2) is 4.79 Å². The number of alkyl halides is 3. The maximum absolute atomic E-state index is 12.4. The van der Waals surface area contributed by atoms with Gasteiger partial charge in [0.2, 0.25) is 5.91 Å². The van der Waals surface area contributed by atoms with E-state index in [1.165, 1.54) is 6.20 Å². The SMILES string of the molecule is O=C(Cn1cc(C(=O)O)cn1)Nc1ccc(C(F)(F)F)cc1. The highest BCUT2D eigenvalue weighted by Gasteiger charge is 2.29. The van der Waals surface area contributed by atoms with Crippen LogP contribution in [-0.2, 0) is 17.5 Å². The van der Waals surface area contributed by atoms with Crippen molar-refractivity contribution < 1.29 is 27.9 Å². The van der Waals surface area contributed by atoms with Crippen LogP contribution in [-0.4, -0.2) is 26.8 Å². The number of carbonyl (C=O) groups excluding carboxylic acids is 1. The summed E-state index contributed by atoms with van der Waals surface area (Å²) in [6, 6.07) is 3.97. The minimum atomic E-state index is -4.44. The quantitative estimate of drug-likeness (QED) is 0.906. The van der Waals surface area contributed by atoms with Crippen LogP contribution in [0, 0.1) is 0 Å². The molecule has 0 atom stereocenters. The van der Waals surface area contributed by atoms with Gasteiger partial charge in [0.15, 0.2) is 0 Å². The fourth-order valence-electron chi connectivity index (χ4n) is 1.65. The van der Waals surface area contributed by atoms with E-state index in [2.05, 4.69) is 10.4 Å². The molecule has 2 rings (SSSR count). The highest BCUT2D eigenvalue weighted by molar-refractivity contribution is 5.91. The van der Waals surface area contributed by atoms with Gasteiger partial charge >= 0.3 is 12.1 Å². The first-order chi connectivity index (χ1) is 10.3. The summed E-state index contributed by atoms with van der Waals surface area (Å²) >= 11 is 0. The van der Waals surface area contributed by atoms with Gasteiger partial charge in [0.1, 0.15) is 6.54 Å². The van der Waals surface area contributed by atoms with Crippen LogP contribution < -0.4 is 5.32 Å². The Hall–Kier alpha value is -2.84. The second kappa shape index (κ2) is 5.88. The molecule has 0 radical (unpaired) electrons. The summed E-state index contributed by atoms with van der Waals surface area (Å²) in [7, 11) is 0. The third-order valence-electron chi connectivity index (χ3n) is 2.68. The molecule has 0 aliphatic carbocycles. The Morgan fingerprint density at radius 1 is 1.23 bits per heavy atom. The molecule has 0 fully saturated rings. The molecule has 0 spiro atoms. The largest absolute Gasteiger partial charge is 0.478 e. The first-order valence-corrected chi connectivity index (χ1v) is 5.98. The summed E-state index contributed by atoms with van der Waals surface area (Å²) in [6.45, 7) is -0.256. The Morgan fingerprint density at radius 2 is 1.86 bits per heavy atom. The highest BCUT2D eigenvalue weighted by Crippen LogP contribution is 2.29. The van der Waals surface area contributed by atoms with Gasteiger partial charge in [0.25, 0.3) is 0 Å². The van der Waals surface area contributed by atoms with Gasteiger partial charge in [-0.3, -0.25) is 9.48 Å². The van der Waals surface area contributed by atoms with Crippen LogP contribution in [0.5, 0.6) is 0 Å². The molecule has 6 nitrogen and oxygen atoms in total. The summed E-state index contributed by atoms with van der Waals surface area (Å²) in [6.07, 6.45) is -2.17. The van der Waals surface area contributed by atoms with E-state index in [4.69, 9.17) is 5.11 Å². The summed E-state index contributed by atoms with van der Waals surface area (Å²) in [5.41, 5.74) is -0.686. The summed E-state index contributed by atoms with van der Waals surface area (Å²) < 4.78 is 38.3. The molecule has 0 saturated heterocycles. The molecule has 0 saturated carbocycles. The van der Waals surface area contributed by atoms with Gasteiger partial charge < -0.3 is 10.4 Å². The predicted octanol–water partition coefficient (Wildman–Crippen LogP) is 2.24. The predicted molar refractivity (Wildman–Crippen MR) is 69.3 cm³/mol. The molecule has 2 N–H and O–H groups in total. The molecular formula is C13H10F3N3O3. The van der Waals surface area contributed by atoms with Crippen molar-refractivity contribution >= 4 is 17.6 Å². The van der Waals surface area contributed by atoms with Crippen LogP contribution in [0.25, 0.3) is 0 Å². The molecule has 116 valence electrons. The number of halogens is 3. The number of nitrogens with one attached hydrogen (secondary N) is 1. The van der Waals surface area contributed by atoms with Gasteiger partial charge in [-0.15, -0.1) is 0 Å². The highest BCUT2D eigenvalue weighted by atomic mass is 19.4. The molecule has 1 heterocycles. The molecule has 22 heavy (non-hydrogen) atoms. The van der Waals surface area contributed by atoms with Crippen LogP contribution in [0.2, 0.25) is 0 Å². The average molecular weight is 313 g/mol. The zero-order valence-corrected chi connectivity index (χ0v) is 11.0. The van der Waals surface area contributed by atoms with Crippen molar-refractivity contribution in [3.63, 3.8) is 0 Å². The first kappa shape index (κ1) is 15.5. The van der Waals surface area contributed by atoms with Crippen molar-refractivity contribution in [2.75, 3.05) is 5.32 Å². The minimum absolute atomic E-state index is 0.0673. The number of carboxylic acid groups (broad SMARTS) is 1. The number of rotatable bonds is 4. The summed E-state index contributed by atoms with van der Waals surface area (Å²) in [5, 5.41) is 14.8. The molecule has 9 heteroatoms. The second-order valence-corrected chi connectivity index (χ2v) is 4.36. The molecule has 0 unspecified atom stereocenters. The second-order valence-electron chi connectivity index (χ2n) is 4.36. The van der Waals surface area contributed by atoms with E-state index in [-0.39, 0.29) is 17.8 Å². The van der Waals surface area contributed by atoms with Crippen LogP contribution in [0.4, 0.5) is 18.9 Å². The van der Waals surface area contributed by atoms with E-state index in [9.17, 15) is 22.8 Å². The Labute approximate surface area is 122 Å². The lowest BCUT2D eigenvalue weighted by molar-refractivity contribution is -0.137. The van der Waals surface area contributed by atoms with E-state index in [0.29, 0.717) is 0 Å². The van der Waals surface area contributed by atoms with Crippen molar-refractivity contribution in [2.45, 2.75) is 12.7 Å². The number of nitrogens with zero attached hydrogens (tertiary/aromatic N) is 2. The number of anilines is 1. The number of carbonyl (C=O) groups is 2. The van der Waals surface area contributed by atoms with Crippen LogP contribution >= 0.6 is 0 Å². The van der Waals surface area contributed by atoms with E-state index in [1.54, 1.807) is 0 Å². The standard InChI is InChI=1S/C13H10F3N3O3/c14-13(15,16)9-1-3-10(4-2-9)18-11(20)7-19-6-8(5-17-19)12(21)22/h1-6H,7H2,(H,18,20)(H,21,22). The van der Waals surface area contributed by atoms with Crippen molar-refractivity contribution in [2.24, 2.45) is 0 Å². The molecule has 0 aliphatic rings. The maximum atomic E-state index is 12.4. The number of benzene rings is 1. The normalized spacial score (nSPS) is 11.2. The lowest BCUT2D eigenvalue weighted by Crippen LogP contribution is -2.19. The van der Waals surface area contributed by atoms with Gasteiger partial charge in [-0.2, -0.15) is 18.3 Å². The molecule has 1 aromatic heterocycles. The lowest BCUT2D eigenvalue weighted by atomic mass is 10.2. The van der Waals surface area contributed by atoms with Crippen LogP contribution in [0.3, 0.4) is 0 Å². The number of hydrogen-bond donors (Lipinski definition) is 2. The molecular weight excluding hydrogens is 303 g/mol. The Morgan fingerprint density at radius 3 is 2.36 bits per heavy atom. The lowest BCUT2D eigenvalue weighted by Gasteiger charge is -2.08. The fraction of sp³-hybridized carbons (Fsp3) is 0.154. The number of carboxylic acids is 1. The smallest absolute Gasteiger partial charge is 0.416 e. The van der Waals surface area contributed by atoms with Crippen molar-refractivity contribution in [3.8, 4) is 0 Å². The van der Waals surface area contributed by atoms with Crippen LogP contribution in [0.15, 0.2) is 36.7 Å². The molecule has 1 aromatic carbocycles. The Balaban J connectivity index is 1.98. The minimum Gasteiger partial charge on any atom is -0.478 e. The molecule has 0 bridgehead atoms. The van der Waals surface area contributed by atoms with Crippen LogP contribution in [0.1, 0.15) is 15.9 Å². The van der Waals surface area contributed by atoms with E-state index >= 15 is 0 Å². The molecule has 2 aromatic rings. The summed E-state index contributed by atoms with van der Waals surface area (Å²) in [4.78, 5) is 22.4. The van der Waals surface area contributed by atoms with Gasteiger partial charge in [-0.1, -0.05) is 0 Å². The Bertz CT molecular complexity index is 693. The molecule has 0 aliphatic heterocycles. The maximum Gasteiger partial charge on any atom is 0.416 e. The zero-order chi connectivity index (χ0) is 16.3. The Kier molecular flexibility index (Phi) is 4.15. The third kappa shape index (κ3) is 3.84. The molecule has 1 amide bonds. The van der Waals surface area contributed by atoms with Gasteiger partial charge in [-0.05, 0) is 24.3 Å². The van der Waals surface area contributed by atoms with Crippen molar-refractivity contribution in [1.29, 1.82) is 0 Å². The zero-order valence-electron chi connectivity index (χ0n) is 11.0. The van der Waals surface area contributed by atoms with E-state index in [0.717, 1.165) is 35.1 Å². The van der Waals surface area contributed by atoms with Crippen molar-refractivity contribution in [1.82, 2.24) is 9.78 Å². The summed E-state index contributed by atoms with van der Waals surface area (Å²) in [5.74, 6) is -1.71. The fourth-order valence-corrected chi connectivity index (χ4v) is 1.65. The average Bonchev–Trinajstić information content (AvgIpc) is 2.86. The topological polar surface area (TPSA) is 84.2 Å². The monoisotopic (exact) mass is 313 g/mol. The van der Waals surface area contributed by atoms with Gasteiger partial charge in [0.05, 0.1) is 17.3 Å². The van der Waals surface area contributed by atoms with Gasteiger partial charge in [0, 0.05) is 11.9 Å². The number of aromatic carboxylic acids is 1. The number of amides is 1. The first-order valence-electron chi connectivity index (χ1n) is 5.98. The third-order valence-corrected chi connectivity index (χ3v) is 2.68.